The first-order valence-electron chi connectivity index (χ1n) is 12.7. The van der Waals surface area contributed by atoms with Gasteiger partial charge in [-0.15, -0.1) is 0 Å². The third kappa shape index (κ3) is 4.81. The normalized spacial score (nSPS) is 14.7. The summed E-state index contributed by atoms with van der Waals surface area (Å²) in [7, 11) is 0. The minimum Gasteiger partial charge on any atom is -0.326 e. The molecule has 7 nitrogen and oxygen atoms in total. The van der Waals surface area contributed by atoms with Crippen molar-refractivity contribution in [2.24, 2.45) is 0 Å². The number of benzene rings is 2. The molecule has 0 unspecified atom stereocenters. The van der Waals surface area contributed by atoms with Gasteiger partial charge < -0.3 is 15.2 Å². The highest BCUT2D eigenvalue weighted by atomic mass is 16.2. The van der Waals surface area contributed by atoms with E-state index in [4.69, 9.17) is 4.98 Å². The summed E-state index contributed by atoms with van der Waals surface area (Å²) < 4.78 is 2.15. The molecule has 1 aliphatic rings. The molecule has 0 radical (unpaired) electrons. The Labute approximate surface area is 221 Å². The number of nitriles is 1. The van der Waals surface area contributed by atoms with Gasteiger partial charge in [-0.25, -0.2) is 4.98 Å². The summed E-state index contributed by atoms with van der Waals surface area (Å²) in [5, 5.41) is 16.6. The van der Waals surface area contributed by atoms with Crippen molar-refractivity contribution >= 4 is 40.3 Å². The number of anilines is 2. The molecule has 2 heterocycles. The van der Waals surface area contributed by atoms with Crippen molar-refractivity contribution in [3.05, 3.63) is 94.3 Å². The van der Waals surface area contributed by atoms with Gasteiger partial charge >= 0.3 is 0 Å². The van der Waals surface area contributed by atoms with Crippen molar-refractivity contribution in [2.75, 3.05) is 10.6 Å². The number of nitrogens with one attached hydrogen (secondary N) is 2. The molecule has 0 saturated heterocycles. The van der Waals surface area contributed by atoms with Crippen LogP contribution in [0.5, 0.6) is 0 Å². The molecule has 0 spiro atoms. The minimum absolute atomic E-state index is 0.0160. The zero-order valence-corrected chi connectivity index (χ0v) is 21.7. The molecular formula is C31H29N5O2. The number of hydrogen-bond acceptors (Lipinski definition) is 4. The van der Waals surface area contributed by atoms with E-state index in [1.54, 1.807) is 30.3 Å². The molecular weight excluding hydrogens is 474 g/mol. The second kappa shape index (κ2) is 10.3. The monoisotopic (exact) mass is 503 g/mol. The number of nitrogens with zero attached hydrogens (tertiary/aromatic N) is 3. The summed E-state index contributed by atoms with van der Waals surface area (Å²) in [5.41, 5.74) is 7.66. The van der Waals surface area contributed by atoms with E-state index in [1.807, 2.05) is 19.9 Å². The average molecular weight is 504 g/mol. The Bertz CT molecular complexity index is 1620. The van der Waals surface area contributed by atoms with Gasteiger partial charge in [0.1, 0.15) is 11.7 Å². The third-order valence-corrected chi connectivity index (χ3v) is 6.95. The van der Waals surface area contributed by atoms with Crippen LogP contribution in [0.3, 0.4) is 0 Å². The van der Waals surface area contributed by atoms with Crippen LogP contribution >= 0.6 is 0 Å². The number of aromatic nitrogens is 2. The van der Waals surface area contributed by atoms with Gasteiger partial charge in [0.05, 0.1) is 17.3 Å². The fraction of sp³-hybridized carbons (Fsp3) is 0.226. The molecule has 7 heteroatoms. The predicted octanol–water partition coefficient (Wildman–Crippen LogP) is 6.06. The Morgan fingerprint density at radius 1 is 1.08 bits per heavy atom. The van der Waals surface area contributed by atoms with Crippen molar-refractivity contribution in [1.82, 2.24) is 9.55 Å². The molecule has 2 N–H and O–H groups in total. The molecule has 0 aliphatic heterocycles. The molecule has 0 bridgehead atoms. The molecule has 2 aromatic carbocycles. The van der Waals surface area contributed by atoms with Crippen molar-refractivity contribution < 1.29 is 9.59 Å². The van der Waals surface area contributed by atoms with Crippen LogP contribution in [0.15, 0.2) is 60.7 Å². The number of fused-ring (bicyclic) bond motifs is 2. The minimum atomic E-state index is -0.317. The number of pyridine rings is 1. The molecule has 1 aliphatic carbocycles. The molecule has 190 valence electrons. The van der Waals surface area contributed by atoms with Crippen LogP contribution in [0.25, 0.3) is 17.1 Å². The van der Waals surface area contributed by atoms with Crippen LogP contribution in [0, 0.1) is 25.2 Å². The van der Waals surface area contributed by atoms with Gasteiger partial charge in [-0.2, -0.15) is 5.26 Å². The Balaban J connectivity index is 1.56. The number of carbonyl (C=O) groups is 2. The molecule has 0 saturated carbocycles. The van der Waals surface area contributed by atoms with E-state index in [0.29, 0.717) is 22.6 Å². The van der Waals surface area contributed by atoms with Gasteiger partial charge in [-0.05, 0) is 86.2 Å². The number of rotatable bonds is 5. The fourth-order valence-corrected chi connectivity index (χ4v) is 5.43. The molecule has 4 aromatic rings. The summed E-state index contributed by atoms with van der Waals surface area (Å²) in [6, 6.07) is 19.8. The molecule has 1 atom stereocenters. The first-order chi connectivity index (χ1) is 18.4. The van der Waals surface area contributed by atoms with E-state index in [2.05, 4.69) is 45.5 Å². The quantitative estimate of drug-likeness (QED) is 0.323. The molecule has 2 amide bonds. The first kappa shape index (κ1) is 25.0. The van der Waals surface area contributed by atoms with E-state index < -0.39 is 0 Å². The molecule has 0 fully saturated rings. The summed E-state index contributed by atoms with van der Waals surface area (Å²) >= 11 is 0. The highest BCUT2D eigenvalue weighted by Crippen LogP contribution is 2.39. The standard InChI is InChI=1S/C31H29N5O2/c1-19-17-20(2)33-31-30(19)26(18-32)28(36(31)27-10-6-8-22-7-4-5-9-25(22)27)15-16-29(38)35-24-13-11-23(12-14-24)34-21(3)37/h4-5,7,9,11-17,27H,6,8,10H2,1-3H3,(H,34,37)(H,35,38)/t27-/m0/s1. The highest BCUT2D eigenvalue weighted by molar-refractivity contribution is 6.03. The smallest absolute Gasteiger partial charge is 0.248 e. The van der Waals surface area contributed by atoms with Crippen LogP contribution in [0.1, 0.15) is 59.4 Å². The van der Waals surface area contributed by atoms with E-state index >= 15 is 0 Å². The Morgan fingerprint density at radius 2 is 1.79 bits per heavy atom. The summed E-state index contributed by atoms with van der Waals surface area (Å²) in [6.07, 6.45) is 6.17. The zero-order valence-electron chi connectivity index (χ0n) is 21.7. The average Bonchev–Trinajstić information content (AvgIpc) is 3.21. The van der Waals surface area contributed by atoms with Gasteiger partial charge in [-0.3, -0.25) is 9.59 Å². The summed E-state index contributed by atoms with van der Waals surface area (Å²) in [4.78, 5) is 29.0. The summed E-state index contributed by atoms with van der Waals surface area (Å²) in [5.74, 6) is -0.475. The second-order valence-electron chi connectivity index (χ2n) is 9.71. The maximum atomic E-state index is 12.9. The SMILES string of the molecule is CC(=O)Nc1ccc(NC(=O)C=Cc2c(C#N)c3c(C)cc(C)nc3n2[C@H]2CCCc3ccccc32)cc1. The molecule has 38 heavy (non-hydrogen) atoms. The highest BCUT2D eigenvalue weighted by Gasteiger charge is 2.28. The van der Waals surface area contributed by atoms with Gasteiger partial charge in [0.15, 0.2) is 0 Å². The largest absolute Gasteiger partial charge is 0.326 e. The van der Waals surface area contributed by atoms with Gasteiger partial charge in [-0.1, -0.05) is 24.3 Å². The van der Waals surface area contributed by atoms with E-state index in [0.717, 1.165) is 41.6 Å². The lowest BCUT2D eigenvalue weighted by atomic mass is 9.87. The topological polar surface area (TPSA) is 99.8 Å². The number of amides is 2. The maximum absolute atomic E-state index is 12.9. The Hall–Kier alpha value is -4.70. The van der Waals surface area contributed by atoms with Crippen LogP contribution < -0.4 is 10.6 Å². The van der Waals surface area contributed by atoms with Crippen molar-refractivity contribution in [3.63, 3.8) is 0 Å². The van der Waals surface area contributed by atoms with Crippen molar-refractivity contribution in [1.29, 1.82) is 5.26 Å². The molecule has 2 aromatic heterocycles. The van der Waals surface area contributed by atoms with E-state index in [-0.39, 0.29) is 17.9 Å². The lowest BCUT2D eigenvalue weighted by molar-refractivity contribution is -0.114. The lowest BCUT2D eigenvalue weighted by Gasteiger charge is -2.28. The number of carbonyl (C=O) groups excluding carboxylic acids is 2. The predicted molar refractivity (Wildman–Crippen MR) is 150 cm³/mol. The van der Waals surface area contributed by atoms with Crippen LogP contribution in [-0.4, -0.2) is 21.4 Å². The van der Waals surface area contributed by atoms with Gasteiger partial charge in [0, 0.05) is 35.5 Å². The second-order valence-corrected chi connectivity index (χ2v) is 9.71. The van der Waals surface area contributed by atoms with Crippen LogP contribution in [0.4, 0.5) is 11.4 Å². The molecule has 5 rings (SSSR count). The lowest BCUT2D eigenvalue weighted by Crippen LogP contribution is -2.19. The first-order valence-corrected chi connectivity index (χ1v) is 12.7. The third-order valence-electron chi connectivity index (χ3n) is 6.95. The van der Waals surface area contributed by atoms with Gasteiger partial charge in [0.25, 0.3) is 0 Å². The summed E-state index contributed by atoms with van der Waals surface area (Å²) in [6.45, 7) is 5.41. The van der Waals surface area contributed by atoms with Crippen LogP contribution in [-0.2, 0) is 16.0 Å². The zero-order chi connectivity index (χ0) is 26.8. The van der Waals surface area contributed by atoms with Crippen molar-refractivity contribution in [3.8, 4) is 6.07 Å². The maximum Gasteiger partial charge on any atom is 0.248 e. The number of aryl methyl sites for hydroxylation is 3. The van der Waals surface area contributed by atoms with E-state index in [9.17, 15) is 14.9 Å². The number of hydrogen-bond donors (Lipinski definition) is 2. The fourth-order valence-electron chi connectivity index (χ4n) is 5.43. The van der Waals surface area contributed by atoms with Crippen LogP contribution in [0.2, 0.25) is 0 Å². The van der Waals surface area contributed by atoms with Crippen molar-refractivity contribution in [2.45, 2.75) is 46.1 Å². The van der Waals surface area contributed by atoms with E-state index in [1.165, 1.54) is 24.1 Å². The Morgan fingerprint density at radius 3 is 2.50 bits per heavy atom. The van der Waals surface area contributed by atoms with Gasteiger partial charge in [0.2, 0.25) is 11.8 Å². The Kier molecular flexibility index (Phi) is 6.80.